The maximum absolute atomic E-state index is 8.74. The summed E-state index contributed by atoms with van der Waals surface area (Å²) < 4.78 is 0. The Morgan fingerprint density at radius 1 is 0.276 bits per heavy atom. The van der Waals surface area contributed by atoms with E-state index in [0.29, 0.717) is 13.2 Å². The SMILES string of the molecule is OCCCCCCCCCCCCCCCCCCCCNCCCCCCO. The van der Waals surface area contributed by atoms with Crippen LogP contribution in [0.15, 0.2) is 0 Å². The van der Waals surface area contributed by atoms with E-state index in [1.54, 1.807) is 0 Å². The quantitative estimate of drug-likeness (QED) is 0.132. The highest BCUT2D eigenvalue weighted by Gasteiger charge is 1.95. The maximum Gasteiger partial charge on any atom is 0.0431 e. The van der Waals surface area contributed by atoms with Crippen LogP contribution in [0.25, 0.3) is 0 Å². The molecule has 0 aliphatic carbocycles. The molecule has 0 heterocycles. The molecule has 0 radical (unpaired) electrons. The van der Waals surface area contributed by atoms with Crippen LogP contribution in [0.2, 0.25) is 0 Å². The normalized spacial score (nSPS) is 11.4. The number of aliphatic hydroxyl groups excluding tert-OH is 2. The first-order valence-electron chi connectivity index (χ1n) is 13.3. The van der Waals surface area contributed by atoms with Gasteiger partial charge in [0.15, 0.2) is 0 Å². The molecule has 0 unspecified atom stereocenters. The fraction of sp³-hybridized carbons (Fsp3) is 1.00. The predicted octanol–water partition coefficient (Wildman–Crippen LogP) is 7.14. The molecule has 0 aromatic carbocycles. The Bertz CT molecular complexity index is 247. The number of unbranched alkanes of at least 4 members (excludes halogenated alkanes) is 20. The molecule has 0 saturated heterocycles. The Labute approximate surface area is 183 Å². The molecular formula is C26H55NO2. The van der Waals surface area contributed by atoms with Crippen molar-refractivity contribution < 1.29 is 10.2 Å². The van der Waals surface area contributed by atoms with Gasteiger partial charge in [0.1, 0.15) is 0 Å². The predicted molar refractivity (Wildman–Crippen MR) is 129 cm³/mol. The molecule has 0 spiro atoms. The van der Waals surface area contributed by atoms with Crippen molar-refractivity contribution in [2.45, 2.75) is 141 Å². The van der Waals surface area contributed by atoms with Crippen LogP contribution in [0, 0.1) is 0 Å². The Morgan fingerprint density at radius 2 is 0.483 bits per heavy atom. The van der Waals surface area contributed by atoms with Gasteiger partial charge in [-0.25, -0.2) is 0 Å². The minimum atomic E-state index is 0.349. The average molecular weight is 414 g/mol. The van der Waals surface area contributed by atoms with Gasteiger partial charge in [-0.1, -0.05) is 116 Å². The van der Waals surface area contributed by atoms with Gasteiger partial charge in [-0.05, 0) is 38.8 Å². The van der Waals surface area contributed by atoms with Gasteiger partial charge in [-0.2, -0.15) is 0 Å². The Balaban J connectivity index is 2.97. The minimum Gasteiger partial charge on any atom is -0.396 e. The van der Waals surface area contributed by atoms with Crippen molar-refractivity contribution in [1.29, 1.82) is 0 Å². The number of hydrogen-bond donors (Lipinski definition) is 3. The Morgan fingerprint density at radius 3 is 0.724 bits per heavy atom. The molecule has 3 nitrogen and oxygen atoms in total. The first kappa shape index (κ1) is 28.9. The third kappa shape index (κ3) is 27.9. The van der Waals surface area contributed by atoms with E-state index in [1.165, 1.54) is 135 Å². The zero-order valence-corrected chi connectivity index (χ0v) is 19.8. The number of rotatable bonds is 26. The van der Waals surface area contributed by atoms with Crippen LogP contribution in [-0.2, 0) is 0 Å². The van der Waals surface area contributed by atoms with Crippen LogP contribution in [0.1, 0.15) is 141 Å². The van der Waals surface area contributed by atoms with E-state index >= 15 is 0 Å². The minimum absolute atomic E-state index is 0.349. The highest BCUT2D eigenvalue weighted by atomic mass is 16.3. The highest BCUT2D eigenvalue weighted by Crippen LogP contribution is 2.14. The summed E-state index contributed by atoms with van der Waals surface area (Å²) in [6.45, 7) is 3.05. The molecule has 176 valence electrons. The van der Waals surface area contributed by atoms with E-state index in [0.717, 1.165) is 19.4 Å². The topological polar surface area (TPSA) is 52.5 Å². The van der Waals surface area contributed by atoms with Crippen molar-refractivity contribution in [3.05, 3.63) is 0 Å². The van der Waals surface area contributed by atoms with Gasteiger partial charge in [0.2, 0.25) is 0 Å². The third-order valence-corrected chi connectivity index (χ3v) is 6.02. The summed E-state index contributed by atoms with van der Waals surface area (Å²) in [7, 11) is 0. The van der Waals surface area contributed by atoms with Crippen molar-refractivity contribution >= 4 is 0 Å². The van der Waals surface area contributed by atoms with Gasteiger partial charge >= 0.3 is 0 Å². The lowest BCUT2D eigenvalue weighted by Crippen LogP contribution is -2.16. The van der Waals surface area contributed by atoms with E-state index in [1.807, 2.05) is 0 Å². The monoisotopic (exact) mass is 413 g/mol. The molecule has 0 aliphatic rings. The second kappa shape index (κ2) is 27.9. The zero-order chi connectivity index (χ0) is 21.1. The van der Waals surface area contributed by atoms with Gasteiger partial charge in [-0.15, -0.1) is 0 Å². The summed E-state index contributed by atoms with van der Waals surface area (Å²) >= 11 is 0. The molecule has 0 atom stereocenters. The molecule has 29 heavy (non-hydrogen) atoms. The summed E-state index contributed by atoms with van der Waals surface area (Å²) in [6.07, 6.45) is 29.4. The number of aliphatic hydroxyl groups is 2. The summed E-state index contributed by atoms with van der Waals surface area (Å²) in [5.41, 5.74) is 0. The van der Waals surface area contributed by atoms with Crippen molar-refractivity contribution in [1.82, 2.24) is 5.32 Å². The molecule has 0 bridgehead atoms. The summed E-state index contributed by atoms with van der Waals surface area (Å²) in [5, 5.41) is 21.0. The second-order valence-electron chi connectivity index (χ2n) is 8.98. The average Bonchev–Trinajstić information content (AvgIpc) is 2.74. The highest BCUT2D eigenvalue weighted by molar-refractivity contribution is 4.53. The van der Waals surface area contributed by atoms with Crippen LogP contribution in [0.4, 0.5) is 0 Å². The van der Waals surface area contributed by atoms with Gasteiger partial charge in [0.25, 0.3) is 0 Å². The summed E-state index contributed by atoms with van der Waals surface area (Å²) in [5.74, 6) is 0. The van der Waals surface area contributed by atoms with Gasteiger partial charge in [-0.3, -0.25) is 0 Å². The summed E-state index contributed by atoms with van der Waals surface area (Å²) in [4.78, 5) is 0. The Hall–Kier alpha value is -0.120. The van der Waals surface area contributed by atoms with Crippen LogP contribution >= 0.6 is 0 Å². The first-order chi connectivity index (χ1) is 14.4. The van der Waals surface area contributed by atoms with E-state index in [-0.39, 0.29) is 0 Å². The molecule has 0 fully saturated rings. The van der Waals surface area contributed by atoms with Crippen molar-refractivity contribution in [3.8, 4) is 0 Å². The largest absolute Gasteiger partial charge is 0.396 e. The van der Waals surface area contributed by atoms with Gasteiger partial charge in [0, 0.05) is 13.2 Å². The van der Waals surface area contributed by atoms with E-state index in [2.05, 4.69) is 5.32 Å². The van der Waals surface area contributed by atoms with E-state index in [9.17, 15) is 0 Å². The Kier molecular flexibility index (Phi) is 27.8. The van der Waals surface area contributed by atoms with E-state index in [4.69, 9.17) is 10.2 Å². The van der Waals surface area contributed by atoms with Crippen molar-refractivity contribution in [2.24, 2.45) is 0 Å². The lowest BCUT2D eigenvalue weighted by molar-refractivity contribution is 0.282. The van der Waals surface area contributed by atoms with Crippen molar-refractivity contribution in [3.63, 3.8) is 0 Å². The first-order valence-corrected chi connectivity index (χ1v) is 13.3. The second-order valence-corrected chi connectivity index (χ2v) is 8.98. The van der Waals surface area contributed by atoms with Gasteiger partial charge < -0.3 is 15.5 Å². The number of nitrogens with one attached hydrogen (secondary N) is 1. The van der Waals surface area contributed by atoms with E-state index < -0.39 is 0 Å². The molecule has 3 N–H and O–H groups in total. The molecule has 0 aromatic heterocycles. The molecule has 0 saturated carbocycles. The van der Waals surface area contributed by atoms with Crippen LogP contribution < -0.4 is 5.32 Å². The lowest BCUT2D eigenvalue weighted by Gasteiger charge is -2.05. The molecule has 0 amide bonds. The number of hydrogen-bond acceptors (Lipinski definition) is 3. The molecule has 0 aromatic rings. The maximum atomic E-state index is 8.74. The smallest absolute Gasteiger partial charge is 0.0431 e. The van der Waals surface area contributed by atoms with Crippen LogP contribution in [0.5, 0.6) is 0 Å². The molecule has 0 rings (SSSR count). The zero-order valence-electron chi connectivity index (χ0n) is 19.8. The lowest BCUT2D eigenvalue weighted by atomic mass is 10.0. The molecule has 0 aliphatic heterocycles. The van der Waals surface area contributed by atoms with Crippen molar-refractivity contribution in [2.75, 3.05) is 26.3 Å². The fourth-order valence-electron chi connectivity index (χ4n) is 4.03. The molecular weight excluding hydrogens is 358 g/mol. The summed E-state index contributed by atoms with van der Waals surface area (Å²) in [6, 6.07) is 0. The fourth-order valence-corrected chi connectivity index (χ4v) is 4.03. The standard InChI is InChI=1S/C26H55NO2/c28-25-21-17-14-12-10-8-6-4-2-1-3-5-7-9-11-13-15-19-23-27-24-20-16-18-22-26-29/h27-29H,1-26H2. The third-order valence-electron chi connectivity index (χ3n) is 6.02. The van der Waals surface area contributed by atoms with Gasteiger partial charge in [0.05, 0.1) is 0 Å². The molecule has 3 heteroatoms. The van der Waals surface area contributed by atoms with Crippen LogP contribution in [-0.4, -0.2) is 36.5 Å². The van der Waals surface area contributed by atoms with Crippen LogP contribution in [0.3, 0.4) is 0 Å².